The van der Waals surface area contributed by atoms with Crippen LogP contribution in [-0.2, 0) is 41.8 Å². The summed E-state index contributed by atoms with van der Waals surface area (Å²) < 4.78 is 22.2. The number of hydrogen-bond acceptors (Lipinski definition) is 8. The minimum absolute atomic E-state index is 0.182. The average Bonchev–Trinajstić information content (AvgIpc) is 2.88. The Hall–Kier alpha value is -3.18. The number of carbonyl (C=O) groups is 2. The third-order valence-corrected chi connectivity index (χ3v) is 4.90. The molecule has 0 aliphatic rings. The van der Waals surface area contributed by atoms with Crippen molar-refractivity contribution in [1.29, 1.82) is 0 Å². The van der Waals surface area contributed by atoms with E-state index in [2.05, 4.69) is 0 Å². The zero-order valence-corrected chi connectivity index (χ0v) is 24.6. The molecule has 0 N–H and O–H groups in total. The quantitative estimate of drug-likeness (QED) is 0.201. The lowest BCUT2D eigenvalue weighted by Gasteiger charge is -2.27. The van der Waals surface area contributed by atoms with Crippen LogP contribution in [0.2, 0.25) is 0 Å². The predicted molar refractivity (Wildman–Crippen MR) is 150 cm³/mol. The van der Waals surface area contributed by atoms with E-state index in [0.29, 0.717) is 0 Å². The van der Waals surface area contributed by atoms with E-state index in [1.165, 1.54) is 10.1 Å². The van der Waals surface area contributed by atoms with Gasteiger partial charge in [-0.2, -0.15) is 10.1 Å². The van der Waals surface area contributed by atoms with E-state index in [1.807, 2.05) is 60.7 Å². The van der Waals surface area contributed by atoms with Crippen molar-refractivity contribution in [2.75, 3.05) is 39.5 Å². The Morgan fingerprint density at radius 3 is 1.25 bits per heavy atom. The van der Waals surface area contributed by atoms with Crippen LogP contribution in [0, 0.1) is 0 Å². The number of hydroxylamine groups is 4. The molecule has 0 atom stereocenters. The molecule has 222 valence electrons. The summed E-state index contributed by atoms with van der Waals surface area (Å²) in [5.41, 5.74) is 0.549. The molecule has 10 nitrogen and oxygen atoms in total. The third-order valence-electron chi connectivity index (χ3n) is 4.90. The first kappa shape index (κ1) is 33.0. The molecular formula is C30H44N2O8. The lowest BCUT2D eigenvalue weighted by Crippen LogP contribution is -2.39. The molecule has 2 amide bonds. The molecule has 0 saturated carbocycles. The molecule has 0 aromatic heterocycles. The van der Waals surface area contributed by atoms with Gasteiger partial charge >= 0.3 is 12.2 Å². The lowest BCUT2D eigenvalue weighted by molar-refractivity contribution is -0.166. The van der Waals surface area contributed by atoms with E-state index < -0.39 is 23.4 Å². The summed E-state index contributed by atoms with van der Waals surface area (Å²) in [6.45, 7) is 12.6. The second-order valence-electron chi connectivity index (χ2n) is 10.9. The Morgan fingerprint density at radius 2 is 0.925 bits per heavy atom. The normalized spacial score (nSPS) is 11.7. The fourth-order valence-corrected chi connectivity index (χ4v) is 3.11. The molecule has 0 heterocycles. The predicted octanol–water partition coefficient (Wildman–Crippen LogP) is 5.76. The maximum absolute atomic E-state index is 12.6. The molecule has 40 heavy (non-hydrogen) atoms. The van der Waals surface area contributed by atoms with Gasteiger partial charge in [-0.3, -0.25) is 9.68 Å². The number of amides is 2. The summed E-state index contributed by atoms with van der Waals surface area (Å²) in [7, 11) is 0. The highest BCUT2D eigenvalue weighted by atomic mass is 16.7. The van der Waals surface area contributed by atoms with Crippen molar-refractivity contribution in [2.24, 2.45) is 0 Å². The van der Waals surface area contributed by atoms with Crippen LogP contribution in [-0.4, -0.2) is 73.0 Å². The molecule has 0 saturated heterocycles. The van der Waals surface area contributed by atoms with E-state index in [1.54, 1.807) is 41.5 Å². The van der Waals surface area contributed by atoms with Crippen molar-refractivity contribution in [3.63, 3.8) is 0 Å². The molecule has 0 bridgehead atoms. The number of ether oxygens (including phenoxy) is 4. The Morgan fingerprint density at radius 1 is 0.575 bits per heavy atom. The topological polar surface area (TPSA) is 96.0 Å². The van der Waals surface area contributed by atoms with Crippen LogP contribution in [0.15, 0.2) is 60.7 Å². The maximum Gasteiger partial charge on any atom is 0.434 e. The Kier molecular flexibility index (Phi) is 13.9. The van der Waals surface area contributed by atoms with Crippen LogP contribution in [0.4, 0.5) is 9.59 Å². The van der Waals surface area contributed by atoms with Crippen molar-refractivity contribution >= 4 is 12.2 Å². The second-order valence-corrected chi connectivity index (χ2v) is 10.9. The van der Waals surface area contributed by atoms with Gasteiger partial charge in [-0.15, -0.1) is 0 Å². The van der Waals surface area contributed by atoms with Crippen molar-refractivity contribution in [1.82, 2.24) is 10.1 Å². The van der Waals surface area contributed by atoms with Crippen LogP contribution >= 0.6 is 0 Å². The van der Waals surface area contributed by atoms with Crippen molar-refractivity contribution in [3.05, 3.63) is 71.8 Å². The Bertz CT molecular complexity index is 909. The molecule has 0 radical (unpaired) electrons. The zero-order chi connectivity index (χ0) is 29.4. The third kappa shape index (κ3) is 14.8. The van der Waals surface area contributed by atoms with Gasteiger partial charge in [0, 0.05) is 0 Å². The summed E-state index contributed by atoms with van der Waals surface area (Å²) >= 11 is 0. The van der Waals surface area contributed by atoms with Gasteiger partial charge in [0.15, 0.2) is 0 Å². The van der Waals surface area contributed by atoms with Crippen LogP contribution in [0.5, 0.6) is 0 Å². The second kappa shape index (κ2) is 16.8. The minimum Gasteiger partial charge on any atom is -0.442 e. The highest BCUT2D eigenvalue weighted by Crippen LogP contribution is 2.13. The molecule has 2 aromatic rings. The fourth-order valence-electron chi connectivity index (χ4n) is 3.11. The number of carbonyl (C=O) groups excluding carboxylic acids is 2. The summed E-state index contributed by atoms with van der Waals surface area (Å²) in [6.07, 6.45) is -1.16. The molecule has 0 aliphatic carbocycles. The zero-order valence-electron chi connectivity index (χ0n) is 24.6. The highest BCUT2D eigenvalue weighted by Gasteiger charge is 2.24. The number of hydrogen-bond donors (Lipinski definition) is 0. The van der Waals surface area contributed by atoms with Gasteiger partial charge in [-0.25, -0.2) is 9.59 Å². The molecule has 10 heteroatoms. The van der Waals surface area contributed by atoms with Gasteiger partial charge in [-0.1, -0.05) is 60.7 Å². The van der Waals surface area contributed by atoms with Crippen LogP contribution in [0.3, 0.4) is 0 Å². The van der Waals surface area contributed by atoms with E-state index in [-0.39, 0.29) is 52.7 Å². The molecule has 0 unspecified atom stereocenters. The van der Waals surface area contributed by atoms with Gasteiger partial charge in [0.1, 0.15) is 24.4 Å². The summed E-state index contributed by atoms with van der Waals surface area (Å²) in [5.74, 6) is 0. The fraction of sp³-hybridized carbons (Fsp3) is 0.533. The number of nitrogens with zero attached hydrogens (tertiary/aromatic N) is 2. The van der Waals surface area contributed by atoms with E-state index >= 15 is 0 Å². The largest absolute Gasteiger partial charge is 0.442 e. The van der Waals surface area contributed by atoms with Crippen LogP contribution in [0.25, 0.3) is 0 Å². The summed E-state index contributed by atoms with van der Waals surface area (Å²) in [4.78, 5) is 36.6. The first-order valence-electron chi connectivity index (χ1n) is 13.4. The Labute approximate surface area is 237 Å². The average molecular weight is 561 g/mol. The smallest absolute Gasteiger partial charge is 0.434 e. The molecule has 0 aliphatic heterocycles. The van der Waals surface area contributed by atoms with Crippen LogP contribution < -0.4 is 0 Å². The minimum atomic E-state index is -0.655. The van der Waals surface area contributed by atoms with E-state index in [0.717, 1.165) is 11.1 Å². The van der Waals surface area contributed by atoms with Crippen LogP contribution in [0.1, 0.15) is 52.7 Å². The van der Waals surface area contributed by atoms with Crippen molar-refractivity contribution < 1.29 is 38.2 Å². The Balaban J connectivity index is 1.73. The molecule has 2 aromatic carbocycles. The van der Waals surface area contributed by atoms with Gasteiger partial charge in [0.2, 0.25) is 0 Å². The maximum atomic E-state index is 12.6. The van der Waals surface area contributed by atoms with Gasteiger partial charge in [-0.05, 0) is 52.7 Å². The number of rotatable bonds is 15. The van der Waals surface area contributed by atoms with Crippen molar-refractivity contribution in [2.45, 2.75) is 66.0 Å². The van der Waals surface area contributed by atoms with E-state index in [4.69, 9.17) is 28.6 Å². The highest BCUT2D eigenvalue weighted by molar-refractivity contribution is 5.67. The number of benzene rings is 2. The first-order chi connectivity index (χ1) is 18.9. The molecule has 0 fully saturated rings. The summed E-state index contributed by atoms with van der Waals surface area (Å²) in [5, 5.41) is 2.34. The van der Waals surface area contributed by atoms with E-state index in [9.17, 15) is 9.59 Å². The summed E-state index contributed by atoms with van der Waals surface area (Å²) in [6, 6.07) is 19.1. The molecule has 0 spiro atoms. The first-order valence-corrected chi connectivity index (χ1v) is 13.4. The van der Waals surface area contributed by atoms with Gasteiger partial charge < -0.3 is 18.9 Å². The SMILES string of the molecule is CC(C)(C)OC(=O)N(CCOCCOCCN(OCc1ccccc1)C(=O)OC(C)(C)C)OCc1ccccc1. The monoisotopic (exact) mass is 560 g/mol. The van der Waals surface area contributed by atoms with Gasteiger partial charge in [0.05, 0.1) is 39.5 Å². The lowest BCUT2D eigenvalue weighted by atomic mass is 10.2. The van der Waals surface area contributed by atoms with Gasteiger partial charge in [0.25, 0.3) is 0 Å². The standard InChI is InChI=1S/C30H44N2O8/c1-29(2,3)39-27(33)31(37-23-25-13-9-7-10-14-25)17-19-35-21-22-36-20-18-32(28(34)40-30(4,5)6)38-24-26-15-11-8-12-16-26/h7-16H,17-24H2,1-6H3. The van der Waals surface area contributed by atoms with Crippen molar-refractivity contribution in [3.8, 4) is 0 Å². The molecule has 2 rings (SSSR count). The molecular weight excluding hydrogens is 516 g/mol.